The van der Waals surface area contributed by atoms with Crippen molar-refractivity contribution in [2.75, 3.05) is 19.7 Å². The van der Waals surface area contributed by atoms with E-state index in [0.717, 1.165) is 31.2 Å². The molecule has 25 heavy (non-hydrogen) atoms. The highest BCUT2D eigenvalue weighted by Gasteiger charge is 2.00. The van der Waals surface area contributed by atoms with Gasteiger partial charge in [0.1, 0.15) is 11.6 Å². The summed E-state index contributed by atoms with van der Waals surface area (Å²) in [5, 5.41) is 10.6. The summed E-state index contributed by atoms with van der Waals surface area (Å²) in [7, 11) is 1.90. The van der Waals surface area contributed by atoms with Gasteiger partial charge in [-0.25, -0.2) is 9.38 Å². The van der Waals surface area contributed by atoms with E-state index in [1.54, 1.807) is 18.3 Å². The molecule has 0 fully saturated rings. The first kappa shape index (κ1) is 21.2. The fourth-order valence-electron chi connectivity index (χ4n) is 2.06. The molecule has 0 saturated carbocycles. The Labute approximate surface area is 164 Å². The van der Waals surface area contributed by atoms with Crippen LogP contribution in [0.4, 0.5) is 4.39 Å². The summed E-state index contributed by atoms with van der Waals surface area (Å²) in [4.78, 5) is 4.53. The lowest BCUT2D eigenvalue weighted by Gasteiger charge is -2.12. The van der Waals surface area contributed by atoms with E-state index >= 15 is 0 Å². The third-order valence-corrected chi connectivity index (χ3v) is 3.36. The molecule has 0 radical (unpaired) electrons. The molecular weight excluding hydrogens is 436 g/mol. The molecule has 2 aromatic rings. The Kier molecular flexibility index (Phi) is 9.90. The molecule has 0 bridgehead atoms. The lowest BCUT2D eigenvalue weighted by molar-refractivity contribution is 0.310. The van der Waals surface area contributed by atoms with E-state index in [0.29, 0.717) is 18.9 Å². The van der Waals surface area contributed by atoms with Gasteiger partial charge in [0.25, 0.3) is 0 Å². The summed E-state index contributed by atoms with van der Waals surface area (Å²) < 4.78 is 20.2. The standard InChI is InChI=1S/C17H24FN5O.HI/c1-3-19-17(21-13-15-9-11-22-23(15)2)20-10-4-12-24-16-7-5-14(18)6-8-16;/h5-9,11H,3-4,10,12-13H2,1-2H3,(H2,19,20,21);1H. The molecule has 0 aliphatic heterocycles. The molecule has 1 aromatic carbocycles. The number of nitrogens with zero attached hydrogens (tertiary/aromatic N) is 3. The van der Waals surface area contributed by atoms with Crippen LogP contribution in [0.3, 0.4) is 0 Å². The molecule has 1 aromatic heterocycles. The molecule has 0 amide bonds. The zero-order valence-corrected chi connectivity index (χ0v) is 16.9. The number of aryl methyl sites for hydroxylation is 1. The summed E-state index contributed by atoms with van der Waals surface area (Å²) in [6.45, 7) is 4.68. The number of rotatable bonds is 8. The van der Waals surface area contributed by atoms with E-state index in [9.17, 15) is 4.39 Å². The second kappa shape index (κ2) is 11.7. The fraction of sp³-hybridized carbons (Fsp3) is 0.412. The Morgan fingerprint density at radius 1 is 1.24 bits per heavy atom. The van der Waals surface area contributed by atoms with Gasteiger partial charge < -0.3 is 15.4 Å². The highest BCUT2D eigenvalue weighted by Crippen LogP contribution is 2.10. The van der Waals surface area contributed by atoms with Crippen LogP contribution in [0.2, 0.25) is 0 Å². The first-order valence-electron chi connectivity index (χ1n) is 8.06. The van der Waals surface area contributed by atoms with Gasteiger partial charge in [0.05, 0.1) is 18.8 Å². The maximum Gasteiger partial charge on any atom is 0.191 e. The molecule has 0 atom stereocenters. The van der Waals surface area contributed by atoms with Crippen LogP contribution in [-0.4, -0.2) is 35.4 Å². The highest BCUT2D eigenvalue weighted by molar-refractivity contribution is 14.0. The van der Waals surface area contributed by atoms with Crippen LogP contribution in [0.1, 0.15) is 19.0 Å². The average molecular weight is 461 g/mol. The number of benzene rings is 1. The summed E-state index contributed by atoms with van der Waals surface area (Å²) >= 11 is 0. The predicted molar refractivity (Wildman–Crippen MR) is 108 cm³/mol. The number of hydrogen-bond donors (Lipinski definition) is 2. The summed E-state index contributed by atoms with van der Waals surface area (Å²) in [6.07, 6.45) is 2.57. The smallest absolute Gasteiger partial charge is 0.191 e. The maximum atomic E-state index is 12.8. The zero-order chi connectivity index (χ0) is 17.2. The second-order valence-corrected chi connectivity index (χ2v) is 5.22. The Bertz CT molecular complexity index is 645. The number of ether oxygens (including phenoxy) is 1. The number of hydrogen-bond acceptors (Lipinski definition) is 3. The van der Waals surface area contributed by atoms with Crippen LogP contribution in [0.5, 0.6) is 5.75 Å². The molecule has 2 N–H and O–H groups in total. The van der Waals surface area contributed by atoms with E-state index < -0.39 is 0 Å². The van der Waals surface area contributed by atoms with Gasteiger partial charge in [0.15, 0.2) is 5.96 Å². The van der Waals surface area contributed by atoms with Gasteiger partial charge in [0, 0.05) is 26.3 Å². The Hall–Kier alpha value is -1.84. The van der Waals surface area contributed by atoms with Crippen molar-refractivity contribution in [3.8, 4) is 5.75 Å². The minimum Gasteiger partial charge on any atom is -0.494 e. The Morgan fingerprint density at radius 2 is 2.00 bits per heavy atom. The first-order chi connectivity index (χ1) is 11.7. The van der Waals surface area contributed by atoms with Gasteiger partial charge in [-0.2, -0.15) is 5.10 Å². The SMILES string of the molecule is CCNC(=NCc1ccnn1C)NCCCOc1ccc(F)cc1.I. The van der Waals surface area contributed by atoms with Gasteiger partial charge in [-0.05, 0) is 43.7 Å². The number of guanidine groups is 1. The fourth-order valence-corrected chi connectivity index (χ4v) is 2.06. The minimum atomic E-state index is -0.260. The van der Waals surface area contributed by atoms with E-state index in [-0.39, 0.29) is 29.8 Å². The average Bonchev–Trinajstić information content (AvgIpc) is 2.99. The van der Waals surface area contributed by atoms with Crippen molar-refractivity contribution >= 4 is 29.9 Å². The largest absolute Gasteiger partial charge is 0.494 e. The normalized spacial score (nSPS) is 10.9. The maximum absolute atomic E-state index is 12.8. The molecule has 6 nitrogen and oxygen atoms in total. The van der Waals surface area contributed by atoms with E-state index in [1.165, 1.54) is 12.1 Å². The third-order valence-electron chi connectivity index (χ3n) is 3.36. The van der Waals surface area contributed by atoms with Crippen molar-refractivity contribution < 1.29 is 9.13 Å². The molecule has 1 heterocycles. The number of aliphatic imine (C=N–C) groups is 1. The second-order valence-electron chi connectivity index (χ2n) is 5.22. The topological polar surface area (TPSA) is 63.5 Å². The molecule has 0 spiro atoms. The van der Waals surface area contributed by atoms with Crippen molar-refractivity contribution in [2.45, 2.75) is 19.9 Å². The summed E-state index contributed by atoms with van der Waals surface area (Å²) in [6, 6.07) is 7.98. The molecular formula is C17H25FIN5O. The van der Waals surface area contributed by atoms with E-state index in [1.807, 2.05) is 24.7 Å². The van der Waals surface area contributed by atoms with Gasteiger partial charge in [-0.3, -0.25) is 4.68 Å². The van der Waals surface area contributed by atoms with Crippen LogP contribution in [0.15, 0.2) is 41.5 Å². The van der Waals surface area contributed by atoms with Crippen LogP contribution in [0, 0.1) is 5.82 Å². The quantitative estimate of drug-likeness (QED) is 0.275. The molecule has 2 rings (SSSR count). The number of nitrogens with one attached hydrogen (secondary N) is 2. The van der Waals surface area contributed by atoms with Crippen molar-refractivity contribution in [2.24, 2.45) is 12.0 Å². The van der Waals surface area contributed by atoms with Crippen LogP contribution >= 0.6 is 24.0 Å². The third kappa shape index (κ3) is 7.72. The summed E-state index contributed by atoms with van der Waals surface area (Å²) in [5.74, 6) is 1.18. The van der Waals surface area contributed by atoms with Crippen molar-refractivity contribution in [3.05, 3.63) is 48.0 Å². The summed E-state index contributed by atoms with van der Waals surface area (Å²) in [5.41, 5.74) is 1.05. The number of aromatic nitrogens is 2. The van der Waals surface area contributed by atoms with Crippen molar-refractivity contribution in [3.63, 3.8) is 0 Å². The van der Waals surface area contributed by atoms with E-state index in [2.05, 4.69) is 20.7 Å². The van der Waals surface area contributed by atoms with Gasteiger partial charge >= 0.3 is 0 Å². The van der Waals surface area contributed by atoms with Crippen LogP contribution in [-0.2, 0) is 13.6 Å². The molecule has 0 saturated heterocycles. The van der Waals surface area contributed by atoms with Crippen LogP contribution < -0.4 is 15.4 Å². The van der Waals surface area contributed by atoms with Crippen molar-refractivity contribution in [1.29, 1.82) is 0 Å². The molecule has 0 aliphatic rings. The minimum absolute atomic E-state index is 0. The van der Waals surface area contributed by atoms with Crippen molar-refractivity contribution in [1.82, 2.24) is 20.4 Å². The number of halogens is 2. The van der Waals surface area contributed by atoms with E-state index in [4.69, 9.17) is 4.74 Å². The first-order valence-corrected chi connectivity index (χ1v) is 8.06. The monoisotopic (exact) mass is 461 g/mol. The molecule has 8 heteroatoms. The van der Waals surface area contributed by atoms with Gasteiger partial charge in [0.2, 0.25) is 0 Å². The van der Waals surface area contributed by atoms with Gasteiger partial charge in [-0.1, -0.05) is 0 Å². The highest BCUT2D eigenvalue weighted by atomic mass is 127. The molecule has 0 aliphatic carbocycles. The zero-order valence-electron chi connectivity index (χ0n) is 14.5. The van der Waals surface area contributed by atoms with Crippen LogP contribution in [0.25, 0.3) is 0 Å². The Morgan fingerprint density at radius 3 is 2.64 bits per heavy atom. The molecule has 138 valence electrons. The lowest BCUT2D eigenvalue weighted by atomic mass is 10.3. The predicted octanol–water partition coefficient (Wildman–Crippen LogP) is 2.70. The van der Waals surface area contributed by atoms with Gasteiger partial charge in [-0.15, -0.1) is 24.0 Å². The Balaban J connectivity index is 0.00000312. The lowest BCUT2D eigenvalue weighted by Crippen LogP contribution is -2.38. The molecule has 0 unspecified atom stereocenters.